The summed E-state index contributed by atoms with van der Waals surface area (Å²) in [4.78, 5) is 16.2. The summed E-state index contributed by atoms with van der Waals surface area (Å²) >= 11 is 4.98. The first-order chi connectivity index (χ1) is 17.2. The summed E-state index contributed by atoms with van der Waals surface area (Å²) < 4.78 is 56.6. The molecule has 186 valence electrons. The lowest BCUT2D eigenvalue weighted by molar-refractivity contribution is -0.189. The van der Waals surface area contributed by atoms with Gasteiger partial charge >= 0.3 is 12.1 Å². The minimum absolute atomic E-state index is 0.147. The van der Waals surface area contributed by atoms with E-state index < -0.39 is 24.2 Å². The van der Waals surface area contributed by atoms with Gasteiger partial charge in [0.1, 0.15) is 5.75 Å². The normalized spacial score (nSPS) is 20.6. The zero-order chi connectivity index (χ0) is 25.2. The van der Waals surface area contributed by atoms with E-state index in [1.165, 1.54) is 0 Å². The van der Waals surface area contributed by atoms with Crippen molar-refractivity contribution < 1.29 is 32.0 Å². The van der Waals surface area contributed by atoms with Crippen molar-refractivity contribution >= 4 is 23.7 Å². The van der Waals surface area contributed by atoms with E-state index in [1.54, 1.807) is 13.2 Å². The number of H-pyrrole nitrogens is 1. The third kappa shape index (κ3) is 3.60. The Morgan fingerprint density at radius 1 is 1.17 bits per heavy atom. The van der Waals surface area contributed by atoms with E-state index in [0.717, 1.165) is 27.2 Å². The van der Waals surface area contributed by atoms with E-state index in [-0.39, 0.29) is 4.84 Å². The molecule has 3 aromatic rings. The van der Waals surface area contributed by atoms with Gasteiger partial charge in [0.05, 0.1) is 7.11 Å². The Morgan fingerprint density at radius 2 is 1.92 bits per heavy atom. The van der Waals surface area contributed by atoms with Crippen LogP contribution in [-0.2, 0) is 4.79 Å². The highest BCUT2D eigenvalue weighted by atomic mass is 32.1. The van der Waals surface area contributed by atoms with Gasteiger partial charge in [-0.15, -0.1) is 0 Å². The molecule has 1 N–H and O–H groups in total. The Bertz CT molecular complexity index is 1460. The smallest absolute Gasteiger partial charge is 0.471 e. The van der Waals surface area contributed by atoms with Crippen LogP contribution in [-0.4, -0.2) is 46.3 Å². The lowest BCUT2D eigenvalue weighted by Crippen LogP contribution is -2.50. The molecule has 0 radical (unpaired) electrons. The number of alkyl halides is 3. The van der Waals surface area contributed by atoms with Gasteiger partial charge < -0.3 is 18.9 Å². The monoisotopic (exact) mass is 515 g/mol. The molecule has 2 unspecified atom stereocenters. The average molecular weight is 516 g/mol. The number of rotatable bonds is 2. The number of aromatic nitrogens is 2. The SMILES string of the molecule is COc1cccc2c1Oc1cc(-c3noc(=S)[nH]3)ccc1C2=C1CC2CCC(C1)N2C(=O)C(F)(F)F. The zero-order valence-electron chi connectivity index (χ0n) is 19.0. The van der Waals surface area contributed by atoms with Crippen molar-refractivity contribution in [3.63, 3.8) is 0 Å². The number of nitrogens with zero attached hydrogens (tertiary/aromatic N) is 2. The number of methoxy groups -OCH3 is 1. The molecule has 11 heteroatoms. The van der Waals surface area contributed by atoms with Crippen molar-refractivity contribution in [3.05, 3.63) is 57.9 Å². The van der Waals surface area contributed by atoms with E-state index in [0.29, 0.717) is 54.3 Å². The van der Waals surface area contributed by atoms with Crippen LogP contribution in [0.4, 0.5) is 13.2 Å². The van der Waals surface area contributed by atoms with E-state index >= 15 is 0 Å². The number of amides is 1. The highest BCUT2D eigenvalue weighted by Crippen LogP contribution is 2.52. The van der Waals surface area contributed by atoms with Crippen molar-refractivity contribution in [2.75, 3.05) is 7.11 Å². The number of halogens is 3. The molecule has 2 atom stereocenters. The fourth-order valence-corrected chi connectivity index (χ4v) is 5.76. The number of nitrogens with one attached hydrogen (secondary N) is 1. The van der Waals surface area contributed by atoms with Crippen molar-refractivity contribution in [2.45, 2.75) is 43.9 Å². The Kier molecular flexibility index (Phi) is 5.22. The number of benzene rings is 2. The summed E-state index contributed by atoms with van der Waals surface area (Å²) in [6, 6.07) is 10.1. The second-order valence-electron chi connectivity index (χ2n) is 9.08. The maximum atomic E-state index is 13.3. The van der Waals surface area contributed by atoms with E-state index in [1.807, 2.05) is 30.3 Å². The molecule has 2 bridgehead atoms. The Morgan fingerprint density at radius 3 is 2.56 bits per heavy atom. The van der Waals surface area contributed by atoms with Crippen LogP contribution in [0.5, 0.6) is 17.2 Å². The summed E-state index contributed by atoms with van der Waals surface area (Å²) in [5.41, 5.74) is 4.22. The second kappa shape index (κ2) is 8.22. The molecule has 0 aliphatic carbocycles. The molecule has 0 spiro atoms. The topological polar surface area (TPSA) is 80.6 Å². The minimum Gasteiger partial charge on any atom is -0.493 e. The summed E-state index contributed by atoms with van der Waals surface area (Å²) in [5.74, 6) is 0.318. The van der Waals surface area contributed by atoms with Crippen molar-refractivity contribution in [1.82, 2.24) is 15.0 Å². The van der Waals surface area contributed by atoms with Crippen LogP contribution < -0.4 is 9.47 Å². The maximum absolute atomic E-state index is 13.3. The van der Waals surface area contributed by atoms with Crippen molar-refractivity contribution in [3.8, 4) is 28.6 Å². The number of piperidine rings is 1. The molecule has 0 saturated carbocycles. The molecule has 3 aliphatic rings. The Labute approximate surface area is 208 Å². The standard InChI is InChI=1S/C25H20F3N3O4S/c1-33-18-4-2-3-17-20(13-9-14-6-7-15(10-13)31(14)23(32)25(26,27)28)16-8-5-12(11-19(16)34-21(17)18)22-29-24(36)35-30-22/h2-5,8,11,14-15H,6-7,9-10H2,1H3,(H,29,30,36). The highest BCUT2D eigenvalue weighted by molar-refractivity contribution is 7.71. The van der Waals surface area contributed by atoms with Crippen LogP contribution in [0.15, 0.2) is 46.5 Å². The third-order valence-electron chi connectivity index (χ3n) is 7.06. The van der Waals surface area contributed by atoms with Crippen LogP contribution in [0.1, 0.15) is 36.8 Å². The van der Waals surface area contributed by atoms with Crippen molar-refractivity contribution in [2.24, 2.45) is 0 Å². The third-order valence-corrected chi connectivity index (χ3v) is 7.24. The number of ether oxygens (including phenoxy) is 2. The van der Waals surface area contributed by atoms with Gasteiger partial charge in [-0.25, -0.2) is 0 Å². The highest BCUT2D eigenvalue weighted by Gasteiger charge is 2.51. The molecular formula is C25H20F3N3O4S. The zero-order valence-corrected chi connectivity index (χ0v) is 19.8. The van der Waals surface area contributed by atoms with Crippen molar-refractivity contribution in [1.29, 1.82) is 0 Å². The van der Waals surface area contributed by atoms with Gasteiger partial charge in [-0.2, -0.15) is 13.2 Å². The number of carbonyl (C=O) groups is 1. The quantitative estimate of drug-likeness (QED) is 0.328. The second-order valence-corrected chi connectivity index (χ2v) is 9.45. The van der Waals surface area contributed by atoms with Gasteiger partial charge in [-0.3, -0.25) is 9.78 Å². The Hall–Kier alpha value is -3.60. The summed E-state index contributed by atoms with van der Waals surface area (Å²) in [5, 5.41) is 3.94. The van der Waals surface area contributed by atoms with Gasteiger partial charge in [0.2, 0.25) is 0 Å². The van der Waals surface area contributed by atoms with Gasteiger partial charge in [0, 0.05) is 28.8 Å². The van der Waals surface area contributed by atoms with Crippen LogP contribution >= 0.6 is 12.2 Å². The van der Waals surface area contributed by atoms with Gasteiger partial charge in [-0.1, -0.05) is 28.9 Å². The van der Waals surface area contributed by atoms with Crippen LogP contribution in [0, 0.1) is 4.84 Å². The molecule has 1 amide bonds. The predicted molar refractivity (Wildman–Crippen MR) is 125 cm³/mol. The first-order valence-electron chi connectivity index (χ1n) is 11.4. The summed E-state index contributed by atoms with van der Waals surface area (Å²) in [6.07, 6.45) is -3.07. The van der Waals surface area contributed by atoms with E-state index in [2.05, 4.69) is 10.1 Å². The number of fused-ring (bicyclic) bond motifs is 4. The molecule has 7 nitrogen and oxygen atoms in total. The lowest BCUT2D eigenvalue weighted by Gasteiger charge is -2.38. The van der Waals surface area contributed by atoms with Gasteiger partial charge in [0.15, 0.2) is 17.3 Å². The summed E-state index contributed by atoms with van der Waals surface area (Å²) in [6.45, 7) is 0. The summed E-state index contributed by atoms with van der Waals surface area (Å²) in [7, 11) is 1.55. The first kappa shape index (κ1) is 22.8. The number of hydrogen-bond donors (Lipinski definition) is 1. The van der Waals surface area contributed by atoms with E-state index in [4.69, 9.17) is 26.2 Å². The fourth-order valence-electron chi connectivity index (χ4n) is 5.63. The molecule has 2 aromatic carbocycles. The van der Waals surface area contributed by atoms with Gasteiger partial charge in [-0.05, 0) is 61.7 Å². The minimum atomic E-state index is -4.88. The van der Waals surface area contributed by atoms with Crippen LogP contribution in [0.3, 0.4) is 0 Å². The fraction of sp³-hybridized carbons (Fsp3) is 0.320. The molecule has 2 saturated heterocycles. The van der Waals surface area contributed by atoms with Crippen LogP contribution in [0.25, 0.3) is 17.0 Å². The number of aromatic amines is 1. The maximum Gasteiger partial charge on any atom is 0.471 e. The molecule has 2 fully saturated rings. The largest absolute Gasteiger partial charge is 0.493 e. The molecule has 3 aliphatic heterocycles. The van der Waals surface area contributed by atoms with E-state index in [9.17, 15) is 18.0 Å². The van der Waals surface area contributed by atoms with Gasteiger partial charge in [0.25, 0.3) is 4.84 Å². The number of carbonyl (C=O) groups excluding carboxylic acids is 1. The average Bonchev–Trinajstić information content (AvgIpc) is 3.40. The predicted octanol–water partition coefficient (Wildman–Crippen LogP) is 6.03. The number of hydrogen-bond acceptors (Lipinski definition) is 6. The molecule has 6 rings (SSSR count). The molecule has 4 heterocycles. The molecule has 36 heavy (non-hydrogen) atoms. The molecular weight excluding hydrogens is 495 g/mol. The lowest BCUT2D eigenvalue weighted by atomic mass is 9.83. The first-order valence-corrected chi connectivity index (χ1v) is 11.8. The Balaban J connectivity index is 1.48. The van der Waals surface area contributed by atoms with Crippen LogP contribution in [0.2, 0.25) is 0 Å². The molecule has 1 aromatic heterocycles. The number of para-hydroxylation sites is 1.